The van der Waals surface area contributed by atoms with Crippen LogP contribution < -0.4 is 26.4 Å². The van der Waals surface area contributed by atoms with Gasteiger partial charge in [0.2, 0.25) is 5.95 Å². The molecule has 1 aromatic carbocycles. The van der Waals surface area contributed by atoms with Crippen LogP contribution in [0.3, 0.4) is 0 Å². The maximum atomic E-state index is 11.7. The summed E-state index contributed by atoms with van der Waals surface area (Å²) in [7, 11) is 0. The van der Waals surface area contributed by atoms with Gasteiger partial charge in [-0.2, -0.15) is 4.98 Å². The Morgan fingerprint density at radius 2 is 2.25 bits per heavy atom. The van der Waals surface area contributed by atoms with Crippen molar-refractivity contribution in [2.75, 3.05) is 29.1 Å². The van der Waals surface area contributed by atoms with Crippen molar-refractivity contribution >= 4 is 29.0 Å². The van der Waals surface area contributed by atoms with Crippen molar-refractivity contribution in [1.82, 2.24) is 9.97 Å². The van der Waals surface area contributed by atoms with Gasteiger partial charge >= 0.3 is 0 Å². The summed E-state index contributed by atoms with van der Waals surface area (Å²) < 4.78 is 5.57. The van der Waals surface area contributed by atoms with Gasteiger partial charge in [0.15, 0.2) is 0 Å². The Kier molecular flexibility index (Phi) is 4.91. The highest BCUT2D eigenvalue weighted by atomic mass is 16.5. The van der Waals surface area contributed by atoms with E-state index in [9.17, 15) is 9.90 Å². The Labute approximate surface area is 162 Å². The molecule has 148 valence electrons. The zero-order valence-corrected chi connectivity index (χ0v) is 15.6. The van der Waals surface area contributed by atoms with Crippen LogP contribution >= 0.6 is 0 Å². The van der Waals surface area contributed by atoms with Gasteiger partial charge in [-0.1, -0.05) is 0 Å². The lowest BCUT2D eigenvalue weighted by molar-refractivity contribution is 0.100. The molecule has 4 rings (SSSR count). The highest BCUT2D eigenvalue weighted by Gasteiger charge is 2.29. The molecule has 1 saturated carbocycles. The summed E-state index contributed by atoms with van der Waals surface area (Å²) >= 11 is 0. The van der Waals surface area contributed by atoms with Crippen LogP contribution in [0.1, 0.15) is 30.1 Å². The van der Waals surface area contributed by atoms with Gasteiger partial charge in [0.1, 0.15) is 24.3 Å². The number of fused-ring (bicyclic) bond motifs is 1. The smallest absolute Gasteiger partial charge is 0.254 e. The molecule has 1 fully saturated rings. The molecule has 1 unspecified atom stereocenters. The summed E-state index contributed by atoms with van der Waals surface area (Å²) in [6.45, 7) is 2.73. The number of hydrogen-bond donors (Lipinski definition) is 5. The van der Waals surface area contributed by atoms with Gasteiger partial charge in [0.05, 0.1) is 11.3 Å². The van der Waals surface area contributed by atoms with E-state index in [1.165, 1.54) is 19.0 Å². The number of nitrogens with two attached hydrogens (primary N) is 1. The van der Waals surface area contributed by atoms with Crippen LogP contribution in [0, 0.1) is 5.92 Å². The fourth-order valence-corrected chi connectivity index (χ4v) is 3.14. The summed E-state index contributed by atoms with van der Waals surface area (Å²) in [5, 5.41) is 19.3. The van der Waals surface area contributed by atoms with Crippen molar-refractivity contribution in [3.63, 3.8) is 0 Å². The Morgan fingerprint density at radius 3 is 3.00 bits per heavy atom. The second-order valence-electron chi connectivity index (χ2n) is 7.27. The van der Waals surface area contributed by atoms with E-state index in [2.05, 4.69) is 32.8 Å². The number of aliphatic hydroxyl groups excluding tert-OH is 1. The van der Waals surface area contributed by atoms with Crippen LogP contribution in [0.5, 0.6) is 5.75 Å². The summed E-state index contributed by atoms with van der Waals surface area (Å²) in [6.07, 6.45) is 3.22. The van der Waals surface area contributed by atoms with Crippen molar-refractivity contribution in [3.05, 3.63) is 30.0 Å². The fraction of sp³-hybridized carbons (Fsp3) is 0.421. The van der Waals surface area contributed by atoms with E-state index in [1.54, 1.807) is 0 Å². The van der Waals surface area contributed by atoms with E-state index in [4.69, 9.17) is 10.5 Å². The summed E-state index contributed by atoms with van der Waals surface area (Å²) in [5.74, 6) is 1.49. The SMILES string of the molecule is CC(Nc1nc(Nc2ccc3c(c2)NC[C@H](O)CO3)ncc1C(N)=O)C1CC1. The normalized spacial score (nSPS) is 19.4. The van der Waals surface area contributed by atoms with Crippen LogP contribution in [-0.4, -0.2) is 46.3 Å². The zero-order chi connectivity index (χ0) is 19.7. The molecular formula is C19H24N6O3. The molecular weight excluding hydrogens is 360 g/mol. The Morgan fingerprint density at radius 1 is 1.43 bits per heavy atom. The molecule has 0 bridgehead atoms. The largest absolute Gasteiger partial charge is 0.489 e. The fourth-order valence-electron chi connectivity index (χ4n) is 3.14. The molecule has 0 spiro atoms. The van der Waals surface area contributed by atoms with E-state index < -0.39 is 12.0 Å². The van der Waals surface area contributed by atoms with Gasteiger partial charge in [-0.25, -0.2) is 4.98 Å². The van der Waals surface area contributed by atoms with Crippen molar-refractivity contribution in [3.8, 4) is 5.75 Å². The number of hydrogen-bond acceptors (Lipinski definition) is 8. The number of carbonyl (C=O) groups excluding carboxylic acids is 1. The second kappa shape index (κ2) is 7.51. The standard InChI is InChI=1S/C19H24N6O3/c1-10(11-2-3-11)23-18-14(17(20)27)8-22-19(25-18)24-12-4-5-16-15(6-12)21-7-13(26)9-28-16/h4-6,8,10-11,13,21,26H,2-3,7,9H2,1H3,(H2,20,27)(H2,22,23,24,25)/t10?,13-/m0/s1. The number of anilines is 4. The Balaban J connectivity index is 1.55. The maximum Gasteiger partial charge on any atom is 0.254 e. The summed E-state index contributed by atoms with van der Waals surface area (Å²) in [4.78, 5) is 20.4. The number of ether oxygens (including phenoxy) is 1. The number of nitrogens with one attached hydrogen (secondary N) is 3. The average molecular weight is 384 g/mol. The third-order valence-corrected chi connectivity index (χ3v) is 4.94. The van der Waals surface area contributed by atoms with Crippen LogP contribution in [0.2, 0.25) is 0 Å². The van der Waals surface area contributed by atoms with Gasteiger partial charge in [-0.05, 0) is 43.9 Å². The molecule has 1 aromatic heterocycles. The van der Waals surface area contributed by atoms with Crippen molar-refractivity contribution in [2.24, 2.45) is 11.7 Å². The molecule has 9 heteroatoms. The molecule has 0 saturated heterocycles. The van der Waals surface area contributed by atoms with E-state index >= 15 is 0 Å². The predicted molar refractivity (Wildman–Crippen MR) is 106 cm³/mol. The second-order valence-corrected chi connectivity index (χ2v) is 7.27. The summed E-state index contributed by atoms with van der Waals surface area (Å²) in [5.41, 5.74) is 7.26. The van der Waals surface area contributed by atoms with Crippen molar-refractivity contribution in [1.29, 1.82) is 0 Å². The number of primary amides is 1. The molecule has 1 aliphatic carbocycles. The molecule has 2 aliphatic rings. The first kappa shape index (κ1) is 18.3. The van der Waals surface area contributed by atoms with E-state index in [1.807, 2.05) is 18.2 Å². The highest BCUT2D eigenvalue weighted by Crippen LogP contribution is 2.34. The first-order chi connectivity index (χ1) is 13.5. The molecule has 9 nitrogen and oxygen atoms in total. The lowest BCUT2D eigenvalue weighted by Gasteiger charge is -2.16. The Hall–Kier alpha value is -3.07. The average Bonchev–Trinajstić information content (AvgIpc) is 3.51. The number of aromatic nitrogens is 2. The lowest BCUT2D eigenvalue weighted by atomic mass is 10.2. The minimum absolute atomic E-state index is 0.209. The molecule has 1 aliphatic heterocycles. The van der Waals surface area contributed by atoms with E-state index in [0.717, 1.165) is 11.4 Å². The highest BCUT2D eigenvalue weighted by molar-refractivity contribution is 5.97. The number of nitrogens with zero attached hydrogens (tertiary/aromatic N) is 2. The monoisotopic (exact) mass is 384 g/mol. The van der Waals surface area contributed by atoms with Gasteiger partial charge in [-0.15, -0.1) is 0 Å². The third kappa shape index (κ3) is 4.09. The number of carbonyl (C=O) groups is 1. The van der Waals surface area contributed by atoms with E-state index in [-0.39, 0.29) is 18.2 Å². The summed E-state index contributed by atoms with van der Waals surface area (Å²) in [6, 6.07) is 5.72. The molecule has 2 heterocycles. The van der Waals surface area contributed by atoms with Crippen molar-refractivity contribution in [2.45, 2.75) is 31.9 Å². The quantitative estimate of drug-likeness (QED) is 0.508. The topological polar surface area (TPSA) is 134 Å². The van der Waals surface area contributed by atoms with Gasteiger partial charge in [0, 0.05) is 24.5 Å². The maximum absolute atomic E-state index is 11.7. The molecule has 1 amide bonds. The third-order valence-electron chi connectivity index (χ3n) is 4.94. The van der Waals surface area contributed by atoms with Crippen LogP contribution in [0.4, 0.5) is 23.1 Å². The number of rotatable bonds is 6. The minimum atomic E-state index is -0.568. The number of amides is 1. The molecule has 2 aromatic rings. The number of aliphatic hydroxyl groups is 1. The van der Waals surface area contributed by atoms with Crippen LogP contribution in [-0.2, 0) is 0 Å². The van der Waals surface area contributed by atoms with Crippen LogP contribution in [0.15, 0.2) is 24.4 Å². The number of β-amino-alcohol motifs (C(OH)–C–C–N with tert-alkyl or cyclic N) is 1. The van der Waals surface area contributed by atoms with Crippen LogP contribution in [0.25, 0.3) is 0 Å². The predicted octanol–water partition coefficient (Wildman–Crippen LogP) is 1.69. The first-order valence-corrected chi connectivity index (χ1v) is 9.39. The molecule has 2 atom stereocenters. The minimum Gasteiger partial charge on any atom is -0.489 e. The van der Waals surface area contributed by atoms with Crippen molar-refractivity contribution < 1.29 is 14.6 Å². The van der Waals surface area contributed by atoms with Gasteiger partial charge in [-0.3, -0.25) is 4.79 Å². The lowest BCUT2D eigenvalue weighted by Crippen LogP contribution is -2.23. The Bertz CT molecular complexity index is 886. The van der Waals surface area contributed by atoms with Gasteiger partial charge < -0.3 is 31.5 Å². The first-order valence-electron chi connectivity index (χ1n) is 9.39. The molecule has 28 heavy (non-hydrogen) atoms. The molecule has 0 radical (unpaired) electrons. The van der Waals surface area contributed by atoms with E-state index in [0.29, 0.717) is 30.0 Å². The molecule has 6 N–H and O–H groups in total. The zero-order valence-electron chi connectivity index (χ0n) is 15.6. The van der Waals surface area contributed by atoms with Gasteiger partial charge in [0.25, 0.3) is 5.91 Å². The number of benzene rings is 1.